The van der Waals surface area contributed by atoms with Gasteiger partial charge < -0.3 is 15.6 Å². The maximum absolute atomic E-state index is 13.4. The van der Waals surface area contributed by atoms with Gasteiger partial charge in [0, 0.05) is 42.6 Å². The highest BCUT2D eigenvalue weighted by Gasteiger charge is 2.37. The van der Waals surface area contributed by atoms with Gasteiger partial charge in [0.25, 0.3) is 5.91 Å². The molecule has 1 unspecified atom stereocenters. The monoisotopic (exact) mass is 532 g/mol. The van der Waals surface area contributed by atoms with Crippen LogP contribution < -0.4 is 5.73 Å². The lowest BCUT2D eigenvalue weighted by atomic mass is 9.95. The molecule has 7 nitrogen and oxygen atoms in total. The molecule has 7 heteroatoms. The maximum atomic E-state index is 13.4. The summed E-state index contributed by atoms with van der Waals surface area (Å²) in [6, 6.07) is 24.3. The van der Waals surface area contributed by atoms with E-state index in [1.165, 1.54) is 17.3 Å². The van der Waals surface area contributed by atoms with Crippen LogP contribution in [0.3, 0.4) is 0 Å². The molecule has 202 valence electrons. The number of aryl methyl sites for hydroxylation is 1. The molecule has 1 atom stereocenters. The molecule has 0 saturated heterocycles. The number of hydrogen-bond donors (Lipinski definition) is 2. The molecule has 2 aromatic carbocycles. The van der Waals surface area contributed by atoms with E-state index in [4.69, 9.17) is 5.73 Å². The van der Waals surface area contributed by atoms with Gasteiger partial charge in [0.1, 0.15) is 0 Å². The molecular formula is C33H34N5O2+. The Balaban J connectivity index is 1.43. The molecule has 0 spiro atoms. The Morgan fingerprint density at radius 3 is 2.38 bits per heavy atom. The molecule has 5 rings (SSSR count). The molecule has 2 aromatic heterocycles. The second-order valence-corrected chi connectivity index (χ2v) is 10.1. The minimum atomic E-state index is -0.0991. The number of Topliss-reactive ketones (excluding diaryl/α,β-unsaturated/α-hetero) is 1. The highest BCUT2D eigenvalue weighted by molar-refractivity contribution is 5.96. The lowest BCUT2D eigenvalue weighted by Gasteiger charge is -2.32. The Hall–Kier alpha value is -4.78. The second kappa shape index (κ2) is 12.4. The third-order valence-electron chi connectivity index (χ3n) is 7.19. The Bertz CT molecular complexity index is 1490. The molecule has 0 aliphatic carbocycles. The van der Waals surface area contributed by atoms with Crippen LogP contribution >= 0.6 is 0 Å². The lowest BCUT2D eigenvalue weighted by Crippen LogP contribution is -2.50. The molecule has 0 bridgehead atoms. The van der Waals surface area contributed by atoms with Crippen LogP contribution in [-0.4, -0.2) is 56.5 Å². The molecule has 3 N–H and O–H groups in total. The first-order chi connectivity index (χ1) is 19.5. The fourth-order valence-corrected chi connectivity index (χ4v) is 5.23. The number of H-pyrrole nitrogens is 1. The molecule has 1 amide bonds. The summed E-state index contributed by atoms with van der Waals surface area (Å²) in [4.78, 5) is 35.0. The molecule has 1 aliphatic rings. The van der Waals surface area contributed by atoms with Gasteiger partial charge in [0.15, 0.2) is 18.0 Å². The molecule has 0 saturated carbocycles. The number of hydrogen-bond acceptors (Lipinski definition) is 4. The average molecular weight is 533 g/mol. The van der Waals surface area contributed by atoms with Crippen molar-refractivity contribution in [3.8, 4) is 0 Å². The van der Waals surface area contributed by atoms with Crippen molar-refractivity contribution in [2.45, 2.75) is 31.8 Å². The summed E-state index contributed by atoms with van der Waals surface area (Å²) >= 11 is 0. The normalized spacial score (nSPS) is 15.4. The van der Waals surface area contributed by atoms with Gasteiger partial charge >= 0.3 is 0 Å². The molecule has 1 aliphatic heterocycles. The summed E-state index contributed by atoms with van der Waals surface area (Å²) in [6.45, 7) is 2.95. The van der Waals surface area contributed by atoms with Gasteiger partial charge in [-0.3, -0.25) is 14.6 Å². The number of allylic oxidation sites excluding steroid dienone is 1. The van der Waals surface area contributed by atoms with Crippen LogP contribution in [0.5, 0.6) is 0 Å². The summed E-state index contributed by atoms with van der Waals surface area (Å²) in [5.41, 5.74) is 10.9. The number of aromatic nitrogens is 2. The highest BCUT2D eigenvalue weighted by Crippen LogP contribution is 2.29. The number of anilines is 1. The first-order valence-electron chi connectivity index (χ1n) is 13.5. The van der Waals surface area contributed by atoms with Crippen molar-refractivity contribution in [2.24, 2.45) is 0 Å². The Labute approximate surface area is 234 Å². The summed E-state index contributed by atoms with van der Waals surface area (Å²) in [7, 11) is 0. The van der Waals surface area contributed by atoms with E-state index in [2.05, 4.69) is 75.4 Å². The van der Waals surface area contributed by atoms with E-state index in [0.717, 1.165) is 5.56 Å². The van der Waals surface area contributed by atoms with Gasteiger partial charge in [-0.25, -0.2) is 4.58 Å². The zero-order chi connectivity index (χ0) is 27.9. The number of aromatic amines is 1. The van der Waals surface area contributed by atoms with Gasteiger partial charge in [-0.05, 0) is 24.6 Å². The Morgan fingerprint density at radius 1 is 1.05 bits per heavy atom. The standard InChI is InChI=1S/C33H33N5O2/c1-24-18-30(36-20-24)31(39)15-9-8-14-29-23-37(33(40)27-19-28(34)22-35-21-27)16-17-38(29)32(25-10-4-2-5-11-25)26-12-6-3-7-13-26/h2-13,17-22,29,32H,14-16,23,34H2,1H3/p+1/b9-8+. The molecule has 0 radical (unpaired) electrons. The number of ketones is 1. The van der Waals surface area contributed by atoms with Gasteiger partial charge in [-0.1, -0.05) is 72.8 Å². The first-order valence-corrected chi connectivity index (χ1v) is 13.5. The molecule has 40 heavy (non-hydrogen) atoms. The van der Waals surface area contributed by atoms with Crippen molar-refractivity contribution in [3.05, 3.63) is 131 Å². The van der Waals surface area contributed by atoms with E-state index in [9.17, 15) is 9.59 Å². The van der Waals surface area contributed by atoms with Crippen molar-refractivity contribution < 1.29 is 14.2 Å². The molecule has 0 fully saturated rings. The average Bonchev–Trinajstić information content (AvgIpc) is 3.43. The van der Waals surface area contributed by atoms with E-state index in [0.29, 0.717) is 42.9 Å². The lowest BCUT2D eigenvalue weighted by molar-refractivity contribution is -0.598. The molecular weight excluding hydrogens is 498 g/mol. The minimum Gasteiger partial charge on any atom is -0.397 e. The van der Waals surface area contributed by atoms with Crippen LogP contribution in [-0.2, 0) is 0 Å². The third-order valence-corrected chi connectivity index (χ3v) is 7.19. The van der Waals surface area contributed by atoms with E-state index >= 15 is 0 Å². The smallest absolute Gasteiger partial charge is 0.256 e. The maximum Gasteiger partial charge on any atom is 0.256 e. The third kappa shape index (κ3) is 6.26. The number of amides is 1. The van der Waals surface area contributed by atoms with Crippen molar-refractivity contribution >= 4 is 23.6 Å². The zero-order valence-electron chi connectivity index (χ0n) is 22.6. The number of nitrogens with one attached hydrogen (secondary N) is 1. The minimum absolute atomic E-state index is 0.0174. The van der Waals surface area contributed by atoms with E-state index < -0.39 is 0 Å². The number of nitrogens with zero attached hydrogens (tertiary/aromatic N) is 3. The number of benzene rings is 2. The SMILES string of the molecule is Cc1c[nH]c(C(=O)C/C=C/CC2CN(C(=O)c3cncc(N)c3)CC=[N+]2C(c2ccccc2)c2ccccc2)c1. The highest BCUT2D eigenvalue weighted by atomic mass is 16.2. The summed E-state index contributed by atoms with van der Waals surface area (Å²) in [6.07, 6.45) is 12.0. The number of carbonyl (C=O) groups is 2. The summed E-state index contributed by atoms with van der Waals surface area (Å²) < 4.78 is 2.37. The van der Waals surface area contributed by atoms with Crippen LogP contribution in [0.15, 0.2) is 104 Å². The quantitative estimate of drug-likeness (QED) is 0.176. The van der Waals surface area contributed by atoms with Crippen LogP contribution in [0.2, 0.25) is 0 Å². The predicted molar refractivity (Wildman–Crippen MR) is 158 cm³/mol. The van der Waals surface area contributed by atoms with Crippen LogP contribution in [0.4, 0.5) is 5.69 Å². The van der Waals surface area contributed by atoms with Crippen molar-refractivity contribution in [3.63, 3.8) is 0 Å². The van der Waals surface area contributed by atoms with E-state index in [1.54, 1.807) is 12.3 Å². The van der Waals surface area contributed by atoms with E-state index in [-0.39, 0.29) is 23.8 Å². The van der Waals surface area contributed by atoms with Crippen molar-refractivity contribution in [2.75, 3.05) is 18.8 Å². The second-order valence-electron chi connectivity index (χ2n) is 10.1. The fourth-order valence-electron chi connectivity index (χ4n) is 5.23. The van der Waals surface area contributed by atoms with Gasteiger partial charge in [-0.2, -0.15) is 0 Å². The van der Waals surface area contributed by atoms with Gasteiger partial charge in [0.2, 0.25) is 6.04 Å². The fraction of sp³-hybridized carbons (Fsp3) is 0.212. The van der Waals surface area contributed by atoms with Crippen LogP contribution in [0.25, 0.3) is 0 Å². The molecule has 4 aromatic rings. The van der Waals surface area contributed by atoms with Crippen LogP contribution in [0, 0.1) is 6.92 Å². The number of nitrogen functional groups attached to an aromatic ring is 1. The number of pyridine rings is 1. The Kier molecular flexibility index (Phi) is 8.30. The van der Waals surface area contributed by atoms with Crippen molar-refractivity contribution in [1.82, 2.24) is 14.9 Å². The van der Waals surface area contributed by atoms with Crippen LogP contribution in [0.1, 0.15) is 56.4 Å². The largest absolute Gasteiger partial charge is 0.397 e. The summed E-state index contributed by atoms with van der Waals surface area (Å²) in [5.74, 6) is -0.0493. The van der Waals surface area contributed by atoms with E-state index in [1.807, 2.05) is 42.3 Å². The summed E-state index contributed by atoms with van der Waals surface area (Å²) in [5, 5.41) is 0. The zero-order valence-corrected chi connectivity index (χ0v) is 22.6. The predicted octanol–water partition coefficient (Wildman–Crippen LogP) is 5.22. The Morgan fingerprint density at radius 2 is 1.75 bits per heavy atom. The first kappa shape index (κ1) is 26.8. The van der Waals surface area contributed by atoms with Gasteiger partial charge in [0.05, 0.1) is 30.0 Å². The number of rotatable bonds is 9. The van der Waals surface area contributed by atoms with Crippen molar-refractivity contribution in [1.29, 1.82) is 0 Å². The topological polar surface area (TPSA) is 95.1 Å². The molecule has 3 heterocycles. The number of nitrogens with two attached hydrogens (primary N) is 1. The number of carbonyl (C=O) groups excluding carboxylic acids is 2. The van der Waals surface area contributed by atoms with Gasteiger partial charge in [-0.15, -0.1) is 0 Å².